The molecule has 0 bridgehead atoms. The SMILES string of the molecule is Cc1cc(C)nc(N2CCC(C(=O)NCC(N)=O)CC2)n1. The number of nitrogens with two attached hydrogens (primary N) is 1. The molecule has 0 atom stereocenters. The van der Waals surface area contributed by atoms with Crippen LogP contribution < -0.4 is 16.0 Å². The molecule has 0 unspecified atom stereocenters. The molecule has 0 saturated carbocycles. The highest BCUT2D eigenvalue weighted by molar-refractivity contribution is 5.85. The number of amides is 2. The fraction of sp³-hybridized carbons (Fsp3) is 0.571. The Kier molecular flexibility index (Phi) is 4.72. The third kappa shape index (κ3) is 4.14. The topological polar surface area (TPSA) is 101 Å². The number of nitrogens with one attached hydrogen (secondary N) is 1. The van der Waals surface area contributed by atoms with Crippen LogP contribution in [0, 0.1) is 19.8 Å². The molecule has 2 heterocycles. The Bertz CT molecular complexity index is 518. The fourth-order valence-electron chi connectivity index (χ4n) is 2.51. The molecule has 3 N–H and O–H groups in total. The van der Waals surface area contributed by atoms with Crippen molar-refractivity contribution in [3.63, 3.8) is 0 Å². The number of hydrogen-bond acceptors (Lipinski definition) is 5. The maximum Gasteiger partial charge on any atom is 0.236 e. The minimum Gasteiger partial charge on any atom is -0.368 e. The van der Waals surface area contributed by atoms with Crippen molar-refractivity contribution in [2.75, 3.05) is 24.5 Å². The van der Waals surface area contributed by atoms with E-state index in [1.54, 1.807) is 0 Å². The molecule has 0 aliphatic carbocycles. The van der Waals surface area contributed by atoms with E-state index >= 15 is 0 Å². The number of piperidine rings is 1. The second kappa shape index (κ2) is 6.51. The van der Waals surface area contributed by atoms with E-state index in [9.17, 15) is 9.59 Å². The average Bonchev–Trinajstić information content (AvgIpc) is 2.44. The maximum atomic E-state index is 11.9. The second-order valence-electron chi connectivity index (χ2n) is 5.40. The summed E-state index contributed by atoms with van der Waals surface area (Å²) in [5, 5.41) is 2.56. The molecule has 1 aliphatic heterocycles. The van der Waals surface area contributed by atoms with Gasteiger partial charge in [0.25, 0.3) is 0 Å². The second-order valence-corrected chi connectivity index (χ2v) is 5.40. The van der Waals surface area contributed by atoms with Gasteiger partial charge in [-0.3, -0.25) is 9.59 Å². The first-order valence-electron chi connectivity index (χ1n) is 7.09. The van der Waals surface area contributed by atoms with Crippen LogP contribution in [0.3, 0.4) is 0 Å². The van der Waals surface area contributed by atoms with E-state index in [2.05, 4.69) is 20.2 Å². The molecule has 7 nitrogen and oxygen atoms in total. The molecule has 1 fully saturated rings. The molecule has 0 radical (unpaired) electrons. The zero-order valence-electron chi connectivity index (χ0n) is 12.4. The molecule has 1 aliphatic rings. The number of rotatable bonds is 4. The first-order valence-corrected chi connectivity index (χ1v) is 7.09. The van der Waals surface area contributed by atoms with Crippen LogP contribution in [0.5, 0.6) is 0 Å². The van der Waals surface area contributed by atoms with Crippen molar-refractivity contribution >= 4 is 17.8 Å². The van der Waals surface area contributed by atoms with Crippen molar-refractivity contribution in [3.8, 4) is 0 Å². The smallest absolute Gasteiger partial charge is 0.236 e. The highest BCUT2D eigenvalue weighted by Gasteiger charge is 2.26. The number of carbonyl (C=O) groups excluding carboxylic acids is 2. The lowest BCUT2D eigenvalue weighted by Crippen LogP contribution is -2.43. The number of nitrogens with zero attached hydrogens (tertiary/aromatic N) is 3. The van der Waals surface area contributed by atoms with Gasteiger partial charge in [-0.25, -0.2) is 9.97 Å². The zero-order chi connectivity index (χ0) is 15.4. The van der Waals surface area contributed by atoms with Crippen molar-refractivity contribution in [2.45, 2.75) is 26.7 Å². The van der Waals surface area contributed by atoms with E-state index in [1.807, 2.05) is 19.9 Å². The highest BCUT2D eigenvalue weighted by Crippen LogP contribution is 2.21. The highest BCUT2D eigenvalue weighted by atomic mass is 16.2. The van der Waals surface area contributed by atoms with E-state index < -0.39 is 5.91 Å². The minimum absolute atomic E-state index is 0.0773. The molecule has 1 aromatic rings. The Morgan fingerprint density at radius 3 is 2.38 bits per heavy atom. The lowest BCUT2D eigenvalue weighted by Gasteiger charge is -2.31. The van der Waals surface area contributed by atoms with Gasteiger partial charge in [-0.05, 0) is 32.8 Å². The van der Waals surface area contributed by atoms with Crippen molar-refractivity contribution in [1.29, 1.82) is 0 Å². The third-order valence-corrected chi connectivity index (χ3v) is 3.56. The van der Waals surface area contributed by atoms with Gasteiger partial charge in [0, 0.05) is 30.4 Å². The van der Waals surface area contributed by atoms with Gasteiger partial charge in [0.1, 0.15) is 0 Å². The molecule has 0 spiro atoms. The predicted octanol–water partition coefficient (Wildman–Crippen LogP) is -0.0887. The lowest BCUT2D eigenvalue weighted by atomic mass is 9.96. The molecule has 2 rings (SSSR count). The lowest BCUT2D eigenvalue weighted by molar-refractivity contribution is -0.128. The summed E-state index contributed by atoms with van der Waals surface area (Å²) in [4.78, 5) is 33.5. The monoisotopic (exact) mass is 291 g/mol. The number of primary amides is 1. The van der Waals surface area contributed by atoms with Gasteiger partial charge in [-0.15, -0.1) is 0 Å². The van der Waals surface area contributed by atoms with E-state index in [1.165, 1.54) is 0 Å². The molecule has 7 heteroatoms. The van der Waals surface area contributed by atoms with Crippen LogP contribution in [0.25, 0.3) is 0 Å². The Morgan fingerprint density at radius 2 is 1.86 bits per heavy atom. The molecule has 114 valence electrons. The van der Waals surface area contributed by atoms with Crippen molar-refractivity contribution < 1.29 is 9.59 Å². The first-order chi connectivity index (χ1) is 9.95. The van der Waals surface area contributed by atoms with Gasteiger partial charge in [0.2, 0.25) is 17.8 Å². The molecule has 21 heavy (non-hydrogen) atoms. The van der Waals surface area contributed by atoms with Crippen molar-refractivity contribution in [2.24, 2.45) is 11.7 Å². The van der Waals surface area contributed by atoms with Crippen LogP contribution in [0.4, 0.5) is 5.95 Å². The van der Waals surface area contributed by atoms with Crippen LogP contribution >= 0.6 is 0 Å². The van der Waals surface area contributed by atoms with Gasteiger partial charge in [-0.1, -0.05) is 0 Å². The van der Waals surface area contributed by atoms with Gasteiger partial charge >= 0.3 is 0 Å². The molecule has 0 aromatic carbocycles. The minimum atomic E-state index is -0.524. The molecular weight excluding hydrogens is 270 g/mol. The zero-order valence-corrected chi connectivity index (χ0v) is 12.4. The summed E-state index contributed by atoms with van der Waals surface area (Å²) < 4.78 is 0. The summed E-state index contributed by atoms with van der Waals surface area (Å²) in [5.41, 5.74) is 6.90. The summed E-state index contributed by atoms with van der Waals surface area (Å²) in [7, 11) is 0. The number of anilines is 1. The van der Waals surface area contributed by atoms with Crippen molar-refractivity contribution in [1.82, 2.24) is 15.3 Å². The predicted molar refractivity (Wildman–Crippen MR) is 78.6 cm³/mol. The van der Waals surface area contributed by atoms with Gasteiger partial charge in [-0.2, -0.15) is 0 Å². The summed E-state index contributed by atoms with van der Waals surface area (Å²) in [6.07, 6.45) is 1.45. The van der Waals surface area contributed by atoms with E-state index in [4.69, 9.17) is 5.73 Å². The van der Waals surface area contributed by atoms with Crippen LogP contribution in [0.15, 0.2) is 6.07 Å². The molecular formula is C14H21N5O2. The van der Waals surface area contributed by atoms with Crippen LogP contribution in [0.2, 0.25) is 0 Å². The average molecular weight is 291 g/mol. The fourth-order valence-corrected chi connectivity index (χ4v) is 2.51. The quantitative estimate of drug-likeness (QED) is 0.807. The summed E-state index contributed by atoms with van der Waals surface area (Å²) in [6, 6.07) is 1.94. The summed E-state index contributed by atoms with van der Waals surface area (Å²) in [6.45, 7) is 5.26. The number of carbonyl (C=O) groups is 2. The van der Waals surface area contributed by atoms with Crippen LogP contribution in [-0.4, -0.2) is 41.4 Å². The number of hydrogen-bond donors (Lipinski definition) is 2. The maximum absolute atomic E-state index is 11.9. The Hall–Kier alpha value is -2.18. The number of aryl methyl sites for hydroxylation is 2. The first kappa shape index (κ1) is 15.2. The molecule has 1 aromatic heterocycles. The standard InChI is InChI=1S/C14H21N5O2/c1-9-7-10(2)18-14(17-9)19-5-3-11(4-6-19)13(21)16-8-12(15)20/h7,11H,3-6,8H2,1-2H3,(H2,15,20)(H,16,21). The van der Waals surface area contributed by atoms with E-state index in [-0.39, 0.29) is 18.4 Å². The Balaban J connectivity index is 1.90. The molecule has 2 amide bonds. The van der Waals surface area contributed by atoms with Crippen LogP contribution in [-0.2, 0) is 9.59 Å². The number of aromatic nitrogens is 2. The largest absolute Gasteiger partial charge is 0.368 e. The van der Waals surface area contributed by atoms with E-state index in [0.717, 1.165) is 43.3 Å². The summed E-state index contributed by atoms with van der Waals surface area (Å²) >= 11 is 0. The Labute approximate surface area is 123 Å². The van der Waals surface area contributed by atoms with Crippen molar-refractivity contribution in [3.05, 3.63) is 17.5 Å². The molecule has 1 saturated heterocycles. The van der Waals surface area contributed by atoms with Gasteiger partial charge in [0.15, 0.2) is 0 Å². The van der Waals surface area contributed by atoms with E-state index in [0.29, 0.717) is 0 Å². The van der Waals surface area contributed by atoms with Gasteiger partial charge in [0.05, 0.1) is 6.54 Å². The Morgan fingerprint density at radius 1 is 1.29 bits per heavy atom. The van der Waals surface area contributed by atoms with Gasteiger partial charge < -0.3 is 16.0 Å². The van der Waals surface area contributed by atoms with Crippen LogP contribution in [0.1, 0.15) is 24.2 Å². The normalized spacial score (nSPS) is 15.8. The summed E-state index contributed by atoms with van der Waals surface area (Å²) in [5.74, 6) is 0.0224. The third-order valence-electron chi connectivity index (χ3n) is 3.56.